The highest BCUT2D eigenvalue weighted by Gasteiger charge is 2.35. The highest BCUT2D eigenvalue weighted by molar-refractivity contribution is 7.90. The molecule has 1 heterocycles. The second-order valence-corrected chi connectivity index (χ2v) is 6.69. The van der Waals surface area contributed by atoms with Crippen LogP contribution in [-0.2, 0) is 21.4 Å². The van der Waals surface area contributed by atoms with Crippen LogP contribution in [0.15, 0.2) is 24.4 Å². The van der Waals surface area contributed by atoms with E-state index in [-0.39, 0.29) is 12.6 Å². The molecule has 0 spiro atoms. The Kier molecular flexibility index (Phi) is 5.02. The van der Waals surface area contributed by atoms with Crippen LogP contribution < -0.4 is 0 Å². The van der Waals surface area contributed by atoms with Crippen LogP contribution in [0.25, 0.3) is 0 Å². The molecule has 0 radical (unpaired) electrons. The highest BCUT2D eigenvalue weighted by atomic mass is 32.2. The van der Waals surface area contributed by atoms with E-state index in [9.17, 15) is 13.2 Å². The van der Waals surface area contributed by atoms with E-state index in [2.05, 4.69) is 4.98 Å². The SMILES string of the molecule is CC(C)N(Cc1ccccn1)S(=O)(=O)C(C)C(=O)O. The summed E-state index contributed by atoms with van der Waals surface area (Å²) in [6, 6.07) is 4.86. The van der Waals surface area contributed by atoms with Crippen LogP contribution in [0.4, 0.5) is 0 Å². The standard InChI is InChI=1S/C12H18N2O4S/c1-9(2)14(8-11-6-4-5-7-13-11)19(17,18)10(3)12(15)16/h4-7,9-10H,8H2,1-3H3,(H,15,16). The zero-order chi connectivity index (χ0) is 14.6. The van der Waals surface area contributed by atoms with Crippen LogP contribution in [0.5, 0.6) is 0 Å². The van der Waals surface area contributed by atoms with E-state index in [0.717, 1.165) is 4.31 Å². The minimum atomic E-state index is -3.90. The monoisotopic (exact) mass is 286 g/mol. The summed E-state index contributed by atoms with van der Waals surface area (Å²) in [6.07, 6.45) is 1.57. The van der Waals surface area contributed by atoms with Crippen LogP contribution >= 0.6 is 0 Å². The molecule has 7 heteroatoms. The maximum Gasteiger partial charge on any atom is 0.323 e. The number of sulfonamides is 1. The second-order valence-electron chi connectivity index (χ2n) is 4.49. The van der Waals surface area contributed by atoms with Crippen molar-refractivity contribution in [2.45, 2.75) is 38.6 Å². The quantitative estimate of drug-likeness (QED) is 0.846. The lowest BCUT2D eigenvalue weighted by molar-refractivity contribution is -0.136. The van der Waals surface area contributed by atoms with Crippen LogP contribution in [0.3, 0.4) is 0 Å². The molecule has 0 aromatic carbocycles. The van der Waals surface area contributed by atoms with Crippen molar-refractivity contribution in [3.05, 3.63) is 30.1 Å². The minimum absolute atomic E-state index is 0.0679. The Morgan fingerprint density at radius 1 is 1.37 bits per heavy atom. The summed E-state index contributed by atoms with van der Waals surface area (Å²) in [5.74, 6) is -1.35. The number of carboxylic acids is 1. The van der Waals surface area contributed by atoms with Crippen LogP contribution in [0.1, 0.15) is 26.5 Å². The van der Waals surface area contributed by atoms with Crippen molar-refractivity contribution in [1.82, 2.24) is 9.29 Å². The van der Waals surface area contributed by atoms with Gasteiger partial charge in [-0.25, -0.2) is 8.42 Å². The topological polar surface area (TPSA) is 87.6 Å². The van der Waals surface area contributed by atoms with E-state index in [1.54, 1.807) is 38.2 Å². The summed E-state index contributed by atoms with van der Waals surface area (Å²) < 4.78 is 25.6. The van der Waals surface area contributed by atoms with Gasteiger partial charge in [0, 0.05) is 12.2 Å². The lowest BCUT2D eigenvalue weighted by Gasteiger charge is -2.27. The van der Waals surface area contributed by atoms with Crippen molar-refractivity contribution in [1.29, 1.82) is 0 Å². The third-order valence-corrected chi connectivity index (χ3v) is 5.04. The minimum Gasteiger partial charge on any atom is -0.480 e. The smallest absolute Gasteiger partial charge is 0.323 e. The van der Waals surface area contributed by atoms with Gasteiger partial charge < -0.3 is 5.11 Å². The molecule has 0 amide bonds. The number of hydrogen-bond donors (Lipinski definition) is 1. The maximum absolute atomic E-state index is 12.2. The van der Waals surface area contributed by atoms with Crippen LogP contribution in [0, 0.1) is 0 Å². The van der Waals surface area contributed by atoms with Gasteiger partial charge in [0.25, 0.3) is 0 Å². The third kappa shape index (κ3) is 3.74. The van der Waals surface area contributed by atoms with E-state index >= 15 is 0 Å². The van der Waals surface area contributed by atoms with Gasteiger partial charge >= 0.3 is 5.97 Å². The fourth-order valence-electron chi connectivity index (χ4n) is 1.55. The van der Waals surface area contributed by atoms with Gasteiger partial charge in [0.2, 0.25) is 10.0 Å². The molecule has 0 bridgehead atoms. The van der Waals surface area contributed by atoms with Gasteiger partial charge in [-0.3, -0.25) is 9.78 Å². The van der Waals surface area contributed by atoms with Gasteiger partial charge in [-0.15, -0.1) is 0 Å². The first-order valence-electron chi connectivity index (χ1n) is 5.90. The zero-order valence-corrected chi connectivity index (χ0v) is 12.0. The summed E-state index contributed by atoms with van der Waals surface area (Å²) >= 11 is 0. The summed E-state index contributed by atoms with van der Waals surface area (Å²) in [5, 5.41) is 7.42. The fourth-order valence-corrected chi connectivity index (χ4v) is 3.11. The van der Waals surface area contributed by atoms with E-state index < -0.39 is 21.2 Å². The normalized spacial score (nSPS) is 13.7. The average Bonchev–Trinajstić information content (AvgIpc) is 2.35. The number of rotatable bonds is 6. The third-order valence-electron chi connectivity index (χ3n) is 2.74. The number of hydrogen-bond acceptors (Lipinski definition) is 4. The lowest BCUT2D eigenvalue weighted by atomic mass is 10.3. The first kappa shape index (κ1) is 15.6. The summed E-state index contributed by atoms with van der Waals surface area (Å²) in [6.45, 7) is 4.65. The molecule has 0 aliphatic heterocycles. The zero-order valence-electron chi connectivity index (χ0n) is 11.1. The molecular weight excluding hydrogens is 268 g/mol. The van der Waals surface area contributed by atoms with Gasteiger partial charge in [-0.2, -0.15) is 4.31 Å². The maximum atomic E-state index is 12.2. The predicted molar refractivity (Wildman–Crippen MR) is 70.9 cm³/mol. The molecular formula is C12H18N2O4S. The number of pyridine rings is 1. The van der Waals surface area contributed by atoms with Gasteiger partial charge in [-0.05, 0) is 32.9 Å². The molecule has 1 aromatic rings. The molecule has 1 N–H and O–H groups in total. The molecule has 106 valence electrons. The molecule has 1 unspecified atom stereocenters. The largest absolute Gasteiger partial charge is 0.480 e. The Labute approximate surface area is 113 Å². The van der Waals surface area contributed by atoms with Crippen molar-refractivity contribution < 1.29 is 18.3 Å². The molecule has 6 nitrogen and oxygen atoms in total. The van der Waals surface area contributed by atoms with Crippen LogP contribution in [0.2, 0.25) is 0 Å². The first-order valence-corrected chi connectivity index (χ1v) is 7.40. The molecule has 0 fully saturated rings. The number of nitrogens with zero attached hydrogens (tertiary/aromatic N) is 2. The molecule has 19 heavy (non-hydrogen) atoms. The van der Waals surface area contributed by atoms with Crippen molar-refractivity contribution in [2.75, 3.05) is 0 Å². The lowest BCUT2D eigenvalue weighted by Crippen LogP contribution is -2.44. The van der Waals surface area contributed by atoms with Crippen LogP contribution in [-0.4, -0.2) is 40.1 Å². The Balaban J connectivity index is 3.05. The van der Waals surface area contributed by atoms with E-state index in [1.165, 1.54) is 6.92 Å². The molecule has 0 saturated heterocycles. The van der Waals surface area contributed by atoms with Crippen molar-refractivity contribution in [2.24, 2.45) is 0 Å². The van der Waals surface area contributed by atoms with Crippen molar-refractivity contribution in [3.63, 3.8) is 0 Å². The van der Waals surface area contributed by atoms with Gasteiger partial charge in [0.1, 0.15) is 0 Å². The molecule has 1 rings (SSSR count). The summed E-state index contributed by atoms with van der Waals surface area (Å²) in [5.41, 5.74) is 0.581. The average molecular weight is 286 g/mol. The molecule has 0 aliphatic carbocycles. The molecule has 0 aliphatic rings. The predicted octanol–water partition coefficient (Wildman–Crippen LogP) is 1.09. The Bertz CT molecular complexity index is 528. The number of carbonyl (C=O) groups is 1. The van der Waals surface area contributed by atoms with Crippen molar-refractivity contribution >= 4 is 16.0 Å². The summed E-state index contributed by atoms with van der Waals surface area (Å²) in [7, 11) is -3.90. The number of aliphatic carboxylic acids is 1. The van der Waals surface area contributed by atoms with Crippen molar-refractivity contribution in [3.8, 4) is 0 Å². The van der Waals surface area contributed by atoms with E-state index in [1.807, 2.05) is 0 Å². The Morgan fingerprint density at radius 3 is 2.42 bits per heavy atom. The van der Waals surface area contributed by atoms with E-state index in [0.29, 0.717) is 5.69 Å². The number of aromatic nitrogens is 1. The van der Waals surface area contributed by atoms with Gasteiger partial charge in [-0.1, -0.05) is 6.07 Å². The van der Waals surface area contributed by atoms with Gasteiger partial charge in [0.05, 0.1) is 12.2 Å². The fraction of sp³-hybridized carbons (Fsp3) is 0.500. The Morgan fingerprint density at radius 2 is 2.00 bits per heavy atom. The van der Waals surface area contributed by atoms with E-state index in [4.69, 9.17) is 5.11 Å². The molecule has 0 saturated carbocycles. The highest BCUT2D eigenvalue weighted by Crippen LogP contribution is 2.16. The summed E-state index contributed by atoms with van der Waals surface area (Å²) in [4.78, 5) is 15.0. The molecule has 1 atom stereocenters. The Hall–Kier alpha value is -1.47. The number of carboxylic acid groups (broad SMARTS) is 1. The second kappa shape index (κ2) is 6.12. The molecule has 1 aromatic heterocycles. The van der Waals surface area contributed by atoms with Gasteiger partial charge in [0.15, 0.2) is 5.25 Å². The first-order chi connectivity index (χ1) is 8.76.